The van der Waals surface area contributed by atoms with Crippen LogP contribution in [0.15, 0.2) is 11.0 Å². The van der Waals surface area contributed by atoms with Crippen molar-refractivity contribution in [3.63, 3.8) is 0 Å². The summed E-state index contributed by atoms with van der Waals surface area (Å²) in [4.78, 5) is 24.2. The number of methoxy groups -OCH3 is 1. The van der Waals surface area contributed by atoms with E-state index in [-0.39, 0.29) is 0 Å². The molecule has 0 aliphatic heterocycles. The third kappa shape index (κ3) is 2.99. The van der Waals surface area contributed by atoms with Crippen molar-refractivity contribution in [1.82, 2.24) is 4.98 Å². The van der Waals surface area contributed by atoms with Crippen molar-refractivity contribution in [3.05, 3.63) is 27.7 Å². The molecule has 0 amide bonds. The largest absolute Gasteiger partial charge is 0.573 e. The van der Waals surface area contributed by atoms with Crippen LogP contribution in [-0.4, -0.2) is 24.4 Å². The van der Waals surface area contributed by atoms with Crippen LogP contribution < -0.4 is 10.3 Å². The predicted octanol–water partition coefficient (Wildman–Crippen LogP) is 1.53. The van der Waals surface area contributed by atoms with Gasteiger partial charge in [-0.15, -0.1) is 13.2 Å². The first-order chi connectivity index (χ1) is 8.30. The zero-order chi connectivity index (χ0) is 13.9. The first kappa shape index (κ1) is 14.0. The molecule has 0 saturated heterocycles. The second kappa shape index (κ2) is 5.07. The van der Waals surface area contributed by atoms with Gasteiger partial charge in [-0.2, -0.15) is 0 Å². The van der Waals surface area contributed by atoms with E-state index in [9.17, 15) is 27.2 Å². The molecule has 1 aromatic rings. The number of aromatic amines is 1. The lowest BCUT2D eigenvalue weighted by molar-refractivity contribution is -0.275. The molecule has 9 heteroatoms. The van der Waals surface area contributed by atoms with Crippen molar-refractivity contribution in [2.45, 2.75) is 13.0 Å². The van der Waals surface area contributed by atoms with E-state index in [1.54, 1.807) is 0 Å². The van der Waals surface area contributed by atoms with Gasteiger partial charge in [-0.3, -0.25) is 4.79 Å². The molecule has 0 bridgehead atoms. The number of pyridine rings is 1. The van der Waals surface area contributed by atoms with Gasteiger partial charge in [0.25, 0.3) is 5.56 Å². The highest BCUT2D eigenvalue weighted by Crippen LogP contribution is 2.28. The molecule has 18 heavy (non-hydrogen) atoms. The van der Waals surface area contributed by atoms with Crippen molar-refractivity contribution < 1.29 is 31.8 Å². The number of alkyl halides is 4. The molecule has 0 aliphatic rings. The quantitative estimate of drug-likeness (QED) is 0.667. The molecule has 0 atom stereocenters. The van der Waals surface area contributed by atoms with Crippen LogP contribution >= 0.6 is 0 Å². The van der Waals surface area contributed by atoms with Crippen molar-refractivity contribution in [3.8, 4) is 5.75 Å². The number of esters is 1. The summed E-state index contributed by atoms with van der Waals surface area (Å²) in [6.45, 7) is -1.52. The first-order valence-electron chi connectivity index (χ1n) is 4.44. The Bertz CT molecular complexity index is 508. The molecule has 100 valence electrons. The highest BCUT2D eigenvalue weighted by Gasteiger charge is 2.35. The normalized spacial score (nSPS) is 11.2. The van der Waals surface area contributed by atoms with Crippen LogP contribution in [0.4, 0.5) is 17.6 Å². The summed E-state index contributed by atoms with van der Waals surface area (Å²) < 4.78 is 56.6. The van der Waals surface area contributed by atoms with E-state index in [1.165, 1.54) is 0 Å². The maximum atomic E-state index is 12.5. The van der Waals surface area contributed by atoms with Crippen molar-refractivity contribution in [2.24, 2.45) is 0 Å². The number of rotatable bonds is 3. The molecule has 1 N–H and O–H groups in total. The third-order valence-electron chi connectivity index (χ3n) is 1.90. The minimum atomic E-state index is -5.17. The average Bonchev–Trinajstić information content (AvgIpc) is 2.26. The molecule has 0 spiro atoms. The van der Waals surface area contributed by atoms with Crippen LogP contribution in [-0.2, 0) is 11.4 Å². The van der Waals surface area contributed by atoms with Gasteiger partial charge in [-0.25, -0.2) is 9.18 Å². The van der Waals surface area contributed by atoms with Gasteiger partial charge >= 0.3 is 12.3 Å². The fraction of sp³-hybridized carbons (Fsp3) is 0.333. The number of ether oxygens (including phenoxy) is 2. The summed E-state index contributed by atoms with van der Waals surface area (Å²) in [5.41, 5.74) is -2.78. The minimum absolute atomic E-state index is 0.661. The third-order valence-corrected chi connectivity index (χ3v) is 1.90. The van der Waals surface area contributed by atoms with Crippen LogP contribution in [0.5, 0.6) is 5.75 Å². The Labute approximate surface area is 97.3 Å². The highest BCUT2D eigenvalue weighted by atomic mass is 19.4. The summed E-state index contributed by atoms with van der Waals surface area (Å²) >= 11 is 0. The summed E-state index contributed by atoms with van der Waals surface area (Å²) in [7, 11) is 0.917. The Morgan fingerprint density at radius 1 is 1.44 bits per heavy atom. The zero-order valence-electron chi connectivity index (χ0n) is 8.93. The Morgan fingerprint density at radius 2 is 2.06 bits per heavy atom. The van der Waals surface area contributed by atoms with Crippen LogP contribution in [0.1, 0.15) is 15.9 Å². The predicted molar refractivity (Wildman–Crippen MR) is 49.9 cm³/mol. The monoisotopic (exact) mass is 269 g/mol. The smallest absolute Gasteiger partial charge is 0.465 e. The van der Waals surface area contributed by atoms with E-state index in [0.29, 0.717) is 6.20 Å². The maximum absolute atomic E-state index is 12.5. The van der Waals surface area contributed by atoms with E-state index < -0.39 is 41.4 Å². The summed E-state index contributed by atoms with van der Waals surface area (Å²) in [6, 6.07) is 0. The van der Waals surface area contributed by atoms with E-state index in [1.807, 2.05) is 4.98 Å². The Balaban J connectivity index is 3.44. The number of aromatic nitrogens is 1. The lowest BCUT2D eigenvalue weighted by atomic mass is 10.2. The number of halogens is 4. The number of nitrogens with one attached hydrogen (secondary N) is 1. The topological polar surface area (TPSA) is 68.4 Å². The number of carbonyl (C=O) groups excluding carboxylic acids is 1. The van der Waals surface area contributed by atoms with Gasteiger partial charge in [0.15, 0.2) is 5.75 Å². The first-order valence-corrected chi connectivity index (χ1v) is 4.44. The zero-order valence-corrected chi connectivity index (χ0v) is 8.93. The molecule has 1 aromatic heterocycles. The molecule has 1 heterocycles. The fourth-order valence-electron chi connectivity index (χ4n) is 1.17. The minimum Gasteiger partial charge on any atom is -0.465 e. The number of H-pyrrole nitrogens is 1. The molecule has 0 saturated carbocycles. The van der Waals surface area contributed by atoms with Crippen molar-refractivity contribution in [2.75, 3.05) is 7.11 Å². The molecule has 0 radical (unpaired) electrons. The second-order valence-electron chi connectivity index (χ2n) is 3.01. The molecule has 0 unspecified atom stereocenters. The molecule has 5 nitrogen and oxygen atoms in total. The summed E-state index contributed by atoms with van der Waals surface area (Å²) in [6.07, 6.45) is -4.51. The lowest BCUT2D eigenvalue weighted by Crippen LogP contribution is -2.24. The fourth-order valence-corrected chi connectivity index (χ4v) is 1.17. The molecule has 0 aromatic carbocycles. The van der Waals surface area contributed by atoms with Gasteiger partial charge in [0.2, 0.25) is 0 Å². The van der Waals surface area contributed by atoms with E-state index in [0.717, 1.165) is 7.11 Å². The second-order valence-corrected chi connectivity index (χ2v) is 3.01. The van der Waals surface area contributed by atoms with Gasteiger partial charge in [0, 0.05) is 6.20 Å². The lowest BCUT2D eigenvalue weighted by Gasteiger charge is -2.14. The summed E-state index contributed by atoms with van der Waals surface area (Å²) in [5, 5.41) is 0. The molecular weight excluding hydrogens is 262 g/mol. The van der Waals surface area contributed by atoms with E-state index >= 15 is 0 Å². The van der Waals surface area contributed by atoms with Gasteiger partial charge in [0.05, 0.1) is 12.7 Å². The van der Waals surface area contributed by atoms with Gasteiger partial charge < -0.3 is 14.5 Å². The van der Waals surface area contributed by atoms with E-state index in [2.05, 4.69) is 9.47 Å². The van der Waals surface area contributed by atoms with Gasteiger partial charge in [-0.05, 0) is 0 Å². The number of carbonyl (C=O) groups is 1. The van der Waals surface area contributed by atoms with Crippen LogP contribution in [0.25, 0.3) is 0 Å². The Morgan fingerprint density at radius 3 is 2.50 bits per heavy atom. The summed E-state index contributed by atoms with van der Waals surface area (Å²) in [5.74, 6) is -2.39. The highest BCUT2D eigenvalue weighted by molar-refractivity contribution is 5.92. The molecule has 0 fully saturated rings. The average molecular weight is 269 g/mol. The van der Waals surface area contributed by atoms with Crippen molar-refractivity contribution >= 4 is 5.97 Å². The number of hydrogen-bond donors (Lipinski definition) is 1. The number of hydrogen-bond acceptors (Lipinski definition) is 4. The Kier molecular flexibility index (Phi) is 3.94. The molecule has 0 aliphatic carbocycles. The molecule has 1 rings (SSSR count). The van der Waals surface area contributed by atoms with Gasteiger partial charge in [0.1, 0.15) is 12.2 Å². The van der Waals surface area contributed by atoms with Crippen LogP contribution in [0, 0.1) is 0 Å². The van der Waals surface area contributed by atoms with Crippen molar-refractivity contribution in [1.29, 1.82) is 0 Å². The van der Waals surface area contributed by atoms with Crippen LogP contribution in [0.3, 0.4) is 0 Å². The van der Waals surface area contributed by atoms with Crippen LogP contribution in [0.2, 0.25) is 0 Å². The van der Waals surface area contributed by atoms with Gasteiger partial charge in [-0.1, -0.05) is 0 Å². The SMILES string of the molecule is COC(=O)c1c[nH]c(=O)c(CF)c1OC(F)(F)F. The molecular formula is C9H7F4NO4. The Hall–Kier alpha value is -2.06. The maximum Gasteiger partial charge on any atom is 0.573 e. The standard InChI is InChI=1S/C9H7F4NO4/c1-17-8(16)5-3-14-7(15)4(2-10)6(5)18-9(11,12)13/h3H,2H2,1H3,(H,14,15). The van der Waals surface area contributed by atoms with E-state index in [4.69, 9.17) is 0 Å².